The average molecular weight is 255 g/mol. The lowest BCUT2D eigenvalue weighted by Crippen LogP contribution is -2.31. The van der Waals surface area contributed by atoms with E-state index in [-0.39, 0.29) is 17.9 Å². The van der Waals surface area contributed by atoms with Crippen LogP contribution in [0.4, 0.5) is 0 Å². The molecule has 0 bridgehead atoms. The van der Waals surface area contributed by atoms with Crippen LogP contribution in [-0.2, 0) is 4.79 Å². The number of Topliss-reactive ketones (excluding diaryl/α,β-unsaturated/α-hetero) is 1. The second-order valence-electron chi connectivity index (χ2n) is 4.36. The van der Waals surface area contributed by atoms with Gasteiger partial charge in [0.15, 0.2) is 0 Å². The molecule has 0 amide bonds. The van der Waals surface area contributed by atoms with E-state index in [1.807, 2.05) is 11.9 Å². The van der Waals surface area contributed by atoms with Gasteiger partial charge in [0.2, 0.25) is 5.88 Å². The minimum atomic E-state index is -0.0349. The molecule has 1 fully saturated rings. The molecule has 0 unspecified atom stereocenters. The van der Waals surface area contributed by atoms with E-state index in [0.717, 1.165) is 13.0 Å². The van der Waals surface area contributed by atoms with E-state index in [4.69, 9.17) is 16.3 Å². The fourth-order valence-corrected chi connectivity index (χ4v) is 2.23. The molecule has 4 nitrogen and oxygen atoms in total. The van der Waals surface area contributed by atoms with Gasteiger partial charge in [-0.3, -0.25) is 9.69 Å². The molecule has 2 atom stereocenters. The second kappa shape index (κ2) is 5.02. The number of carbonyl (C=O) groups is 1. The van der Waals surface area contributed by atoms with Crippen molar-refractivity contribution in [3.63, 3.8) is 0 Å². The molecule has 17 heavy (non-hydrogen) atoms. The topological polar surface area (TPSA) is 42.4 Å². The summed E-state index contributed by atoms with van der Waals surface area (Å²) in [6.45, 7) is 2.36. The van der Waals surface area contributed by atoms with Crippen molar-refractivity contribution in [1.82, 2.24) is 9.88 Å². The van der Waals surface area contributed by atoms with Crippen LogP contribution in [0.25, 0.3) is 0 Å². The first-order valence-electron chi connectivity index (χ1n) is 5.55. The third-order valence-electron chi connectivity index (χ3n) is 2.97. The Kier molecular flexibility index (Phi) is 3.64. The van der Waals surface area contributed by atoms with Crippen LogP contribution in [0.15, 0.2) is 18.3 Å². The Balaban J connectivity index is 1.97. The normalized spacial score (nSPS) is 24.9. The average Bonchev–Trinajstić information content (AvgIpc) is 2.63. The lowest BCUT2D eigenvalue weighted by Gasteiger charge is -2.14. The molecule has 1 aliphatic heterocycles. The number of carbonyl (C=O) groups excluding carboxylic acids is 1. The Morgan fingerprint density at radius 1 is 1.59 bits per heavy atom. The van der Waals surface area contributed by atoms with Gasteiger partial charge in [-0.1, -0.05) is 11.6 Å². The molecule has 1 aliphatic rings. The highest BCUT2D eigenvalue weighted by Crippen LogP contribution is 2.21. The summed E-state index contributed by atoms with van der Waals surface area (Å²) in [5.74, 6) is 0.736. The van der Waals surface area contributed by atoms with Gasteiger partial charge >= 0.3 is 0 Å². The lowest BCUT2D eigenvalue weighted by atomic mass is 10.1. The molecular weight excluding hydrogens is 240 g/mol. The van der Waals surface area contributed by atoms with E-state index in [2.05, 4.69) is 4.98 Å². The van der Waals surface area contributed by atoms with Crippen LogP contribution < -0.4 is 4.74 Å². The van der Waals surface area contributed by atoms with E-state index in [1.165, 1.54) is 0 Å². The Hall–Kier alpha value is -1.13. The maximum Gasteiger partial charge on any atom is 0.213 e. The third-order valence-corrected chi connectivity index (χ3v) is 3.19. The van der Waals surface area contributed by atoms with E-state index in [9.17, 15) is 4.79 Å². The molecule has 0 radical (unpaired) electrons. The first-order valence-corrected chi connectivity index (χ1v) is 5.93. The summed E-state index contributed by atoms with van der Waals surface area (Å²) in [5.41, 5.74) is 0. The van der Waals surface area contributed by atoms with Gasteiger partial charge in [-0.15, -0.1) is 0 Å². The molecule has 1 saturated heterocycles. The van der Waals surface area contributed by atoms with Gasteiger partial charge in [-0.2, -0.15) is 0 Å². The minimum Gasteiger partial charge on any atom is -0.473 e. The molecular formula is C12H15ClN2O2. The van der Waals surface area contributed by atoms with Crippen LogP contribution in [0.3, 0.4) is 0 Å². The fourth-order valence-electron chi connectivity index (χ4n) is 2.12. The smallest absolute Gasteiger partial charge is 0.213 e. The molecule has 0 saturated carbocycles. The summed E-state index contributed by atoms with van der Waals surface area (Å²) in [5, 5.41) is 0.586. The van der Waals surface area contributed by atoms with Crippen molar-refractivity contribution in [2.45, 2.75) is 25.5 Å². The van der Waals surface area contributed by atoms with Crippen molar-refractivity contribution in [2.75, 3.05) is 13.6 Å². The molecule has 2 rings (SSSR count). The van der Waals surface area contributed by atoms with Crippen molar-refractivity contribution in [1.29, 1.82) is 0 Å². The first kappa shape index (κ1) is 12.3. The first-order chi connectivity index (χ1) is 8.06. The number of ketones is 1. The molecule has 5 heteroatoms. The van der Waals surface area contributed by atoms with Crippen molar-refractivity contribution in [3.8, 4) is 5.88 Å². The van der Waals surface area contributed by atoms with Gasteiger partial charge < -0.3 is 4.74 Å². The lowest BCUT2D eigenvalue weighted by molar-refractivity contribution is -0.120. The maximum absolute atomic E-state index is 11.4. The Morgan fingerprint density at radius 2 is 2.35 bits per heavy atom. The van der Waals surface area contributed by atoms with E-state index >= 15 is 0 Å². The maximum atomic E-state index is 11.4. The minimum absolute atomic E-state index is 0.0163. The van der Waals surface area contributed by atoms with Crippen LogP contribution in [-0.4, -0.2) is 41.4 Å². The van der Waals surface area contributed by atoms with Gasteiger partial charge in [-0.25, -0.2) is 4.98 Å². The van der Waals surface area contributed by atoms with Crippen LogP contribution in [0.1, 0.15) is 13.3 Å². The summed E-state index contributed by atoms with van der Waals surface area (Å²) < 4.78 is 5.72. The third kappa shape index (κ3) is 2.96. The molecule has 0 spiro atoms. The predicted octanol–water partition coefficient (Wildman–Crippen LogP) is 1.78. The summed E-state index contributed by atoms with van der Waals surface area (Å²) in [4.78, 5) is 17.5. The molecule has 1 aromatic rings. The number of hydrogen-bond donors (Lipinski definition) is 0. The van der Waals surface area contributed by atoms with Crippen LogP contribution in [0, 0.1) is 0 Å². The zero-order valence-corrected chi connectivity index (χ0v) is 10.6. The molecule has 0 aromatic carbocycles. The highest BCUT2D eigenvalue weighted by molar-refractivity contribution is 6.30. The van der Waals surface area contributed by atoms with Crippen LogP contribution in [0.2, 0.25) is 5.02 Å². The highest BCUT2D eigenvalue weighted by atomic mass is 35.5. The quantitative estimate of drug-likeness (QED) is 0.825. The zero-order valence-electron chi connectivity index (χ0n) is 9.89. The van der Waals surface area contributed by atoms with Crippen molar-refractivity contribution in [2.24, 2.45) is 0 Å². The summed E-state index contributed by atoms with van der Waals surface area (Å²) in [7, 11) is 1.94. The standard InChI is InChI=1S/C12H15ClN2O2/c1-8(16)11-5-10(7-15(11)2)17-12-4-3-9(13)6-14-12/h3-4,6,10-11H,5,7H2,1-2H3/t10-,11+/m1/s1. The SMILES string of the molecule is CC(=O)[C@@H]1C[C@@H](Oc2ccc(Cl)cn2)CN1C. The molecule has 0 aliphatic carbocycles. The van der Waals surface area contributed by atoms with Gasteiger partial charge in [0, 0.05) is 25.2 Å². The van der Waals surface area contributed by atoms with Crippen molar-refractivity contribution < 1.29 is 9.53 Å². The molecule has 92 valence electrons. The highest BCUT2D eigenvalue weighted by Gasteiger charge is 2.33. The summed E-state index contributed by atoms with van der Waals surface area (Å²) >= 11 is 5.75. The molecule has 1 aromatic heterocycles. The van der Waals surface area contributed by atoms with Crippen LogP contribution in [0.5, 0.6) is 5.88 Å². The number of rotatable bonds is 3. The number of pyridine rings is 1. The summed E-state index contributed by atoms with van der Waals surface area (Å²) in [6, 6.07) is 3.45. The van der Waals surface area contributed by atoms with Gasteiger partial charge in [0.05, 0.1) is 11.1 Å². The number of nitrogens with zero attached hydrogens (tertiary/aromatic N) is 2. The largest absolute Gasteiger partial charge is 0.473 e. The Labute approximate surface area is 106 Å². The molecule has 0 N–H and O–H groups in total. The van der Waals surface area contributed by atoms with Gasteiger partial charge in [0.25, 0.3) is 0 Å². The second-order valence-corrected chi connectivity index (χ2v) is 4.79. The van der Waals surface area contributed by atoms with Crippen molar-refractivity contribution >= 4 is 17.4 Å². The number of halogens is 1. The predicted molar refractivity (Wildman–Crippen MR) is 65.4 cm³/mol. The molecule has 2 heterocycles. The zero-order chi connectivity index (χ0) is 12.4. The van der Waals surface area contributed by atoms with E-state index in [0.29, 0.717) is 10.9 Å². The Bertz CT molecular complexity index is 407. The Morgan fingerprint density at radius 3 is 2.88 bits per heavy atom. The van der Waals surface area contributed by atoms with E-state index < -0.39 is 0 Å². The monoisotopic (exact) mass is 254 g/mol. The van der Waals surface area contributed by atoms with Crippen LogP contribution >= 0.6 is 11.6 Å². The summed E-state index contributed by atoms with van der Waals surface area (Å²) in [6.07, 6.45) is 2.29. The number of ether oxygens (including phenoxy) is 1. The fraction of sp³-hybridized carbons (Fsp3) is 0.500. The van der Waals surface area contributed by atoms with E-state index in [1.54, 1.807) is 25.3 Å². The van der Waals surface area contributed by atoms with Gasteiger partial charge in [0.1, 0.15) is 11.9 Å². The number of aromatic nitrogens is 1. The van der Waals surface area contributed by atoms with Crippen molar-refractivity contribution in [3.05, 3.63) is 23.4 Å². The number of likely N-dealkylation sites (N-methyl/N-ethyl adjacent to an activating group) is 1. The number of likely N-dealkylation sites (tertiary alicyclic amines) is 1. The van der Waals surface area contributed by atoms with Gasteiger partial charge in [-0.05, 0) is 20.0 Å². The number of hydrogen-bond acceptors (Lipinski definition) is 4.